The topological polar surface area (TPSA) is 21.3 Å². The van der Waals surface area contributed by atoms with Gasteiger partial charge in [-0.15, -0.1) is 0 Å². The van der Waals surface area contributed by atoms with E-state index >= 15 is 0 Å². The summed E-state index contributed by atoms with van der Waals surface area (Å²) in [5, 5.41) is 4.64. The highest BCUT2D eigenvalue weighted by atomic mass is 16.3. The summed E-state index contributed by atoms with van der Waals surface area (Å²) in [7, 11) is 0. The molecule has 0 aliphatic heterocycles. The van der Waals surface area contributed by atoms with Crippen LogP contribution in [0.15, 0.2) is 211 Å². The molecule has 0 saturated carbocycles. The lowest BCUT2D eigenvalue weighted by atomic mass is 9.82. The third-order valence-corrected chi connectivity index (χ3v) is 12.8. The monoisotopic (exact) mass is 768 g/mol. The van der Waals surface area contributed by atoms with Crippen LogP contribution < -0.4 is 4.90 Å². The molecule has 284 valence electrons. The molecule has 0 fully saturated rings. The van der Waals surface area contributed by atoms with Gasteiger partial charge in [0, 0.05) is 38.5 Å². The van der Waals surface area contributed by atoms with Gasteiger partial charge in [-0.1, -0.05) is 153 Å². The van der Waals surface area contributed by atoms with E-state index in [2.05, 4.69) is 230 Å². The van der Waals surface area contributed by atoms with Crippen molar-refractivity contribution in [3.63, 3.8) is 0 Å². The lowest BCUT2D eigenvalue weighted by molar-refractivity contribution is 0.660. The molecule has 1 aliphatic carbocycles. The zero-order chi connectivity index (χ0) is 40.0. The second-order valence-electron chi connectivity index (χ2n) is 16.5. The van der Waals surface area contributed by atoms with Crippen molar-refractivity contribution in [2.75, 3.05) is 4.90 Å². The molecule has 60 heavy (non-hydrogen) atoms. The van der Waals surface area contributed by atoms with Gasteiger partial charge >= 0.3 is 0 Å². The number of nitrogens with zero attached hydrogens (tertiary/aromatic N) is 2. The molecule has 0 amide bonds. The van der Waals surface area contributed by atoms with Crippen LogP contribution in [0.3, 0.4) is 0 Å². The number of anilines is 3. The Morgan fingerprint density at radius 3 is 1.92 bits per heavy atom. The smallest absolute Gasteiger partial charge is 0.137 e. The largest absolute Gasteiger partial charge is 0.456 e. The first-order chi connectivity index (χ1) is 29.5. The summed E-state index contributed by atoms with van der Waals surface area (Å²) in [5.41, 5.74) is 18.4. The quantitative estimate of drug-likeness (QED) is 0.168. The van der Waals surface area contributed by atoms with Gasteiger partial charge in [0.05, 0.1) is 27.8 Å². The third kappa shape index (κ3) is 5.09. The first-order valence-corrected chi connectivity index (χ1v) is 20.8. The molecule has 12 rings (SSSR count). The Balaban J connectivity index is 1.11. The number of hydrogen-bond acceptors (Lipinski definition) is 2. The SMILES string of the molecule is CC1(C)c2ccccc2-c2c(N(c3ccc(-c4ccccc4)cc3)c3cccc4oc5ccc(-c6cccc7c6c6ccccc6n7-c6ccccc6)cc5c34)cccc21. The number of furan rings is 1. The summed E-state index contributed by atoms with van der Waals surface area (Å²) in [6.45, 7) is 4.70. The van der Waals surface area contributed by atoms with Crippen molar-refractivity contribution < 1.29 is 4.42 Å². The summed E-state index contributed by atoms with van der Waals surface area (Å²) in [6.07, 6.45) is 0. The maximum Gasteiger partial charge on any atom is 0.137 e. The molecule has 0 atom stereocenters. The molecule has 1 aliphatic rings. The number of para-hydroxylation sites is 2. The van der Waals surface area contributed by atoms with Gasteiger partial charge in [0.15, 0.2) is 0 Å². The van der Waals surface area contributed by atoms with Crippen molar-refractivity contribution in [2.45, 2.75) is 19.3 Å². The molecule has 3 nitrogen and oxygen atoms in total. The summed E-state index contributed by atoms with van der Waals surface area (Å²) >= 11 is 0. The lowest BCUT2D eigenvalue weighted by Gasteiger charge is -2.29. The molecule has 11 aromatic rings. The molecule has 0 N–H and O–H groups in total. The van der Waals surface area contributed by atoms with E-state index in [9.17, 15) is 0 Å². The van der Waals surface area contributed by atoms with Crippen LogP contribution in [0.2, 0.25) is 0 Å². The van der Waals surface area contributed by atoms with Gasteiger partial charge in [0.25, 0.3) is 0 Å². The van der Waals surface area contributed by atoms with E-state index in [1.807, 2.05) is 0 Å². The summed E-state index contributed by atoms with van der Waals surface area (Å²) in [4.78, 5) is 2.46. The standard InChI is InChI=1S/C57H40N2O/c1-57(2)46-23-11-9-20-43(46)55-47(57)24-14-27-50(55)59(41-33-30-38(31-34-41)37-16-5-3-6-17-37)51-28-15-29-53-56(51)45-36-39(32-35-52(45)60-53)42-22-13-26-49-54(42)44-21-10-12-25-48(44)58(49)40-18-7-4-8-19-40/h3-36H,1-2H3. The minimum absolute atomic E-state index is 0.140. The molecule has 0 bridgehead atoms. The third-order valence-electron chi connectivity index (χ3n) is 12.8. The van der Waals surface area contributed by atoms with E-state index in [1.165, 1.54) is 60.8 Å². The first kappa shape index (κ1) is 34.4. The van der Waals surface area contributed by atoms with Gasteiger partial charge in [-0.25, -0.2) is 0 Å². The van der Waals surface area contributed by atoms with E-state index in [1.54, 1.807) is 0 Å². The Morgan fingerprint density at radius 1 is 0.433 bits per heavy atom. The molecule has 3 heteroatoms. The fraction of sp³-hybridized carbons (Fsp3) is 0.0526. The van der Waals surface area contributed by atoms with Crippen molar-refractivity contribution in [2.24, 2.45) is 0 Å². The summed E-state index contributed by atoms with van der Waals surface area (Å²) in [5.74, 6) is 0. The Kier molecular flexibility index (Phi) is 7.58. The zero-order valence-electron chi connectivity index (χ0n) is 33.4. The van der Waals surface area contributed by atoms with Crippen LogP contribution >= 0.6 is 0 Å². The highest BCUT2D eigenvalue weighted by Gasteiger charge is 2.38. The van der Waals surface area contributed by atoms with Crippen molar-refractivity contribution in [1.82, 2.24) is 4.57 Å². The highest BCUT2D eigenvalue weighted by molar-refractivity contribution is 6.18. The van der Waals surface area contributed by atoms with Gasteiger partial charge in [0.2, 0.25) is 0 Å². The minimum atomic E-state index is -0.140. The summed E-state index contributed by atoms with van der Waals surface area (Å²) in [6, 6.07) is 74.7. The molecule has 0 saturated heterocycles. The first-order valence-electron chi connectivity index (χ1n) is 20.8. The molecule has 0 radical (unpaired) electrons. The average molecular weight is 769 g/mol. The molecule has 9 aromatic carbocycles. The number of rotatable bonds is 6. The van der Waals surface area contributed by atoms with Crippen molar-refractivity contribution in [3.8, 4) is 39.1 Å². The van der Waals surface area contributed by atoms with Crippen LogP contribution in [0.1, 0.15) is 25.0 Å². The van der Waals surface area contributed by atoms with Gasteiger partial charge < -0.3 is 13.9 Å². The predicted octanol–water partition coefficient (Wildman–Crippen LogP) is 15.8. The predicted molar refractivity (Wildman–Crippen MR) is 251 cm³/mol. The lowest BCUT2D eigenvalue weighted by Crippen LogP contribution is -2.16. The van der Waals surface area contributed by atoms with Gasteiger partial charge in [-0.3, -0.25) is 0 Å². The van der Waals surface area contributed by atoms with Gasteiger partial charge in [-0.2, -0.15) is 0 Å². The van der Waals surface area contributed by atoms with Crippen LogP contribution in [0.4, 0.5) is 17.1 Å². The molecular formula is C57H40N2O. The van der Waals surface area contributed by atoms with E-state index in [0.717, 1.165) is 50.3 Å². The van der Waals surface area contributed by atoms with Gasteiger partial charge in [0.1, 0.15) is 11.2 Å². The maximum atomic E-state index is 6.75. The molecule has 0 spiro atoms. The van der Waals surface area contributed by atoms with Crippen molar-refractivity contribution in [1.29, 1.82) is 0 Å². The molecule has 2 heterocycles. The van der Waals surface area contributed by atoms with E-state index < -0.39 is 0 Å². The highest BCUT2D eigenvalue weighted by Crippen LogP contribution is 2.55. The Morgan fingerprint density at radius 2 is 1.07 bits per heavy atom. The number of benzene rings is 9. The van der Waals surface area contributed by atoms with Crippen LogP contribution in [-0.2, 0) is 5.41 Å². The van der Waals surface area contributed by atoms with E-state index in [-0.39, 0.29) is 5.41 Å². The van der Waals surface area contributed by atoms with Crippen molar-refractivity contribution in [3.05, 3.63) is 217 Å². The number of fused-ring (bicyclic) bond motifs is 9. The minimum Gasteiger partial charge on any atom is -0.456 e. The van der Waals surface area contributed by atoms with Gasteiger partial charge in [-0.05, 0) is 106 Å². The summed E-state index contributed by atoms with van der Waals surface area (Å²) < 4.78 is 9.14. The second-order valence-corrected chi connectivity index (χ2v) is 16.5. The van der Waals surface area contributed by atoms with Crippen LogP contribution in [0.5, 0.6) is 0 Å². The fourth-order valence-electron chi connectivity index (χ4n) is 10.0. The molecule has 0 unspecified atom stereocenters. The molecule has 2 aromatic heterocycles. The maximum absolute atomic E-state index is 6.75. The average Bonchev–Trinajstić information content (AvgIpc) is 3.93. The Bertz CT molecular complexity index is 3450. The van der Waals surface area contributed by atoms with Crippen LogP contribution in [0.25, 0.3) is 82.8 Å². The Hall–Kier alpha value is -7.62. The second kappa shape index (κ2) is 13.2. The number of hydrogen-bond donors (Lipinski definition) is 0. The fourth-order valence-corrected chi connectivity index (χ4v) is 10.0. The normalized spacial score (nSPS) is 13.0. The van der Waals surface area contributed by atoms with E-state index in [0.29, 0.717) is 0 Å². The van der Waals surface area contributed by atoms with E-state index in [4.69, 9.17) is 4.42 Å². The zero-order valence-corrected chi connectivity index (χ0v) is 33.4. The molecular weight excluding hydrogens is 729 g/mol. The van der Waals surface area contributed by atoms with Crippen LogP contribution in [-0.4, -0.2) is 4.57 Å². The Labute approximate surface area is 349 Å². The van der Waals surface area contributed by atoms with Crippen molar-refractivity contribution >= 4 is 60.8 Å². The van der Waals surface area contributed by atoms with Crippen LogP contribution in [0, 0.1) is 0 Å². The number of aromatic nitrogens is 1.